The summed E-state index contributed by atoms with van der Waals surface area (Å²) in [6.07, 6.45) is 2.50. The number of aliphatic hydroxyl groups excluding tert-OH is 1. The van der Waals surface area contributed by atoms with Crippen molar-refractivity contribution in [3.05, 3.63) is 58.5 Å². The molecule has 0 spiro atoms. The zero-order valence-electron chi connectivity index (χ0n) is 21.8. The Morgan fingerprint density at radius 2 is 1.98 bits per heavy atom. The maximum absolute atomic E-state index is 14.1. The third-order valence-electron chi connectivity index (χ3n) is 6.66. The first-order valence-corrected chi connectivity index (χ1v) is 13.1. The van der Waals surface area contributed by atoms with Crippen LogP contribution in [-0.2, 0) is 27.5 Å². The first kappa shape index (κ1) is 29.0. The second kappa shape index (κ2) is 12.4. The molecule has 0 bridgehead atoms. The lowest BCUT2D eigenvalue weighted by Gasteiger charge is -2.27. The molecule has 4 amide bonds. The Labute approximate surface area is 234 Å². The van der Waals surface area contributed by atoms with Crippen molar-refractivity contribution in [1.82, 2.24) is 20.0 Å². The molecule has 1 aliphatic rings. The fourth-order valence-electron chi connectivity index (χ4n) is 4.25. The van der Waals surface area contributed by atoms with Crippen molar-refractivity contribution < 1.29 is 28.7 Å². The molecule has 1 fully saturated rings. The molecule has 2 aromatic carbocycles. The van der Waals surface area contributed by atoms with Gasteiger partial charge in [-0.1, -0.05) is 23.7 Å². The lowest BCUT2D eigenvalue weighted by molar-refractivity contribution is -0.139. The fourth-order valence-corrected chi connectivity index (χ4v) is 4.45. The molecule has 0 saturated heterocycles. The molecule has 1 saturated carbocycles. The molecule has 13 heteroatoms. The van der Waals surface area contributed by atoms with E-state index in [0.29, 0.717) is 28.9 Å². The third-order valence-corrected chi connectivity index (χ3v) is 6.95. The number of carbonyl (C=O) groups excluding carboxylic acids is 4. The number of amides is 4. The van der Waals surface area contributed by atoms with Gasteiger partial charge in [-0.2, -0.15) is 5.10 Å². The third kappa shape index (κ3) is 6.93. The van der Waals surface area contributed by atoms with Crippen LogP contribution in [0, 0.1) is 11.7 Å². The molecule has 0 aliphatic heterocycles. The SMILES string of the molecule is CC(CO)N(CC(=O)NCc1cccc(Cl)c1F)C(=O)Cn1nc(C(N)=O)c2cc(NC(=O)CC3CC3)ccc21. The van der Waals surface area contributed by atoms with Crippen LogP contribution in [0.1, 0.15) is 42.2 Å². The van der Waals surface area contributed by atoms with E-state index in [4.69, 9.17) is 17.3 Å². The highest BCUT2D eigenvalue weighted by Gasteiger charge is 2.26. The molecule has 0 radical (unpaired) electrons. The van der Waals surface area contributed by atoms with Gasteiger partial charge < -0.3 is 26.4 Å². The Kier molecular flexibility index (Phi) is 9.00. The predicted octanol–water partition coefficient (Wildman–Crippen LogP) is 2.19. The molecule has 1 unspecified atom stereocenters. The van der Waals surface area contributed by atoms with E-state index >= 15 is 0 Å². The van der Waals surface area contributed by atoms with Gasteiger partial charge in [-0.25, -0.2) is 4.39 Å². The molecule has 1 atom stereocenters. The van der Waals surface area contributed by atoms with Crippen molar-refractivity contribution in [2.24, 2.45) is 11.7 Å². The lowest BCUT2D eigenvalue weighted by atomic mass is 10.1. The zero-order valence-corrected chi connectivity index (χ0v) is 22.6. The zero-order chi connectivity index (χ0) is 29.0. The van der Waals surface area contributed by atoms with Gasteiger partial charge in [-0.15, -0.1) is 0 Å². The number of aromatic nitrogens is 2. The number of nitrogens with one attached hydrogen (secondary N) is 2. The van der Waals surface area contributed by atoms with Crippen molar-refractivity contribution in [3.8, 4) is 0 Å². The van der Waals surface area contributed by atoms with Gasteiger partial charge in [-0.05, 0) is 49.9 Å². The van der Waals surface area contributed by atoms with E-state index in [9.17, 15) is 28.7 Å². The van der Waals surface area contributed by atoms with Crippen molar-refractivity contribution >= 4 is 51.8 Å². The Bertz CT molecular complexity index is 1460. The van der Waals surface area contributed by atoms with Gasteiger partial charge in [0.25, 0.3) is 5.91 Å². The molecule has 212 valence electrons. The van der Waals surface area contributed by atoms with E-state index in [1.807, 2.05) is 0 Å². The standard InChI is InChI=1S/C27H30ClFN6O5/c1-15(14-36)34(12-23(38)31-11-17-3-2-4-20(28)25(17)29)24(39)13-35-21-8-7-18(32-22(37)9-16-5-6-16)10-19(21)26(33-35)27(30)40/h2-4,7-8,10,15-16,36H,5-6,9,11-14H2,1H3,(H2,30,40)(H,31,38)(H,32,37). The summed E-state index contributed by atoms with van der Waals surface area (Å²) in [5.41, 5.74) is 6.51. The molecule has 3 aromatic rings. The second-order valence-corrected chi connectivity index (χ2v) is 10.2. The molecular weight excluding hydrogens is 543 g/mol. The number of hydrogen-bond donors (Lipinski definition) is 4. The highest BCUT2D eigenvalue weighted by molar-refractivity contribution is 6.30. The van der Waals surface area contributed by atoms with E-state index in [-0.39, 0.29) is 35.3 Å². The Morgan fingerprint density at radius 1 is 1.23 bits per heavy atom. The monoisotopic (exact) mass is 572 g/mol. The minimum Gasteiger partial charge on any atom is -0.394 e. The van der Waals surface area contributed by atoms with Gasteiger partial charge in [0.05, 0.1) is 29.7 Å². The van der Waals surface area contributed by atoms with Crippen LogP contribution in [0.5, 0.6) is 0 Å². The normalized spacial score (nSPS) is 13.6. The predicted molar refractivity (Wildman–Crippen MR) is 146 cm³/mol. The number of halogens is 2. The van der Waals surface area contributed by atoms with E-state index in [2.05, 4.69) is 15.7 Å². The Balaban J connectivity index is 1.49. The topological polar surface area (TPSA) is 160 Å². The summed E-state index contributed by atoms with van der Waals surface area (Å²) in [4.78, 5) is 51.4. The number of rotatable bonds is 12. The summed E-state index contributed by atoms with van der Waals surface area (Å²) in [5.74, 6) is -2.33. The van der Waals surface area contributed by atoms with Gasteiger partial charge in [-0.3, -0.25) is 23.9 Å². The average molecular weight is 573 g/mol. The van der Waals surface area contributed by atoms with Crippen LogP contribution in [0.4, 0.5) is 10.1 Å². The first-order valence-electron chi connectivity index (χ1n) is 12.8. The van der Waals surface area contributed by atoms with Crippen LogP contribution in [-0.4, -0.2) is 62.6 Å². The first-order chi connectivity index (χ1) is 19.1. The number of benzene rings is 2. The molecule has 40 heavy (non-hydrogen) atoms. The summed E-state index contributed by atoms with van der Waals surface area (Å²) < 4.78 is 15.4. The quantitative estimate of drug-likeness (QED) is 0.260. The van der Waals surface area contributed by atoms with Gasteiger partial charge in [0.1, 0.15) is 12.4 Å². The number of nitrogens with zero attached hydrogens (tertiary/aromatic N) is 3. The summed E-state index contributed by atoms with van der Waals surface area (Å²) in [6.45, 7) is 0.220. The van der Waals surface area contributed by atoms with Crippen LogP contribution in [0.25, 0.3) is 10.9 Å². The second-order valence-electron chi connectivity index (χ2n) is 9.84. The van der Waals surface area contributed by atoms with Crippen LogP contribution in [0.3, 0.4) is 0 Å². The van der Waals surface area contributed by atoms with Crippen LogP contribution < -0.4 is 16.4 Å². The largest absolute Gasteiger partial charge is 0.394 e. The minimum absolute atomic E-state index is 0.0769. The summed E-state index contributed by atoms with van der Waals surface area (Å²) in [6, 6.07) is 8.51. The van der Waals surface area contributed by atoms with Crippen molar-refractivity contribution in [3.63, 3.8) is 0 Å². The summed E-state index contributed by atoms with van der Waals surface area (Å²) in [7, 11) is 0. The van der Waals surface area contributed by atoms with E-state index in [0.717, 1.165) is 17.7 Å². The van der Waals surface area contributed by atoms with E-state index < -0.39 is 42.7 Å². The maximum atomic E-state index is 14.1. The van der Waals surface area contributed by atoms with Crippen LogP contribution >= 0.6 is 11.6 Å². The number of aliphatic hydroxyl groups is 1. The number of hydrogen-bond acceptors (Lipinski definition) is 6. The van der Waals surface area contributed by atoms with Gasteiger partial charge in [0, 0.05) is 29.6 Å². The average Bonchev–Trinajstić information content (AvgIpc) is 3.66. The number of anilines is 1. The Hall–Kier alpha value is -4.03. The number of nitrogens with two attached hydrogens (primary N) is 1. The van der Waals surface area contributed by atoms with Crippen molar-refractivity contribution in [2.45, 2.75) is 45.3 Å². The van der Waals surface area contributed by atoms with Crippen LogP contribution in [0.15, 0.2) is 36.4 Å². The summed E-state index contributed by atoms with van der Waals surface area (Å²) in [5, 5.41) is 19.6. The molecule has 1 aliphatic carbocycles. The molecule has 5 N–H and O–H groups in total. The van der Waals surface area contributed by atoms with E-state index in [1.54, 1.807) is 31.2 Å². The van der Waals surface area contributed by atoms with Crippen molar-refractivity contribution in [1.29, 1.82) is 0 Å². The molecule has 1 aromatic heterocycles. The van der Waals surface area contributed by atoms with Gasteiger partial charge >= 0.3 is 0 Å². The molecule has 11 nitrogen and oxygen atoms in total. The van der Waals surface area contributed by atoms with Gasteiger partial charge in [0.15, 0.2) is 5.69 Å². The number of fused-ring (bicyclic) bond motifs is 1. The molecule has 1 heterocycles. The number of carbonyl (C=O) groups is 4. The smallest absolute Gasteiger partial charge is 0.269 e. The summed E-state index contributed by atoms with van der Waals surface area (Å²) >= 11 is 5.78. The van der Waals surface area contributed by atoms with Crippen molar-refractivity contribution in [2.75, 3.05) is 18.5 Å². The van der Waals surface area contributed by atoms with E-state index in [1.165, 1.54) is 16.8 Å². The molecular formula is C27H30ClFN6O5. The molecule has 4 rings (SSSR count). The van der Waals surface area contributed by atoms with Gasteiger partial charge in [0.2, 0.25) is 17.7 Å². The lowest BCUT2D eigenvalue weighted by Crippen LogP contribution is -2.47. The Morgan fingerprint density at radius 3 is 2.65 bits per heavy atom. The number of primary amides is 1. The minimum atomic E-state index is -0.814. The highest BCUT2D eigenvalue weighted by Crippen LogP contribution is 2.33. The van der Waals surface area contributed by atoms with Crippen LogP contribution in [0.2, 0.25) is 5.02 Å². The highest BCUT2D eigenvalue weighted by atomic mass is 35.5. The maximum Gasteiger partial charge on any atom is 0.269 e. The fraction of sp³-hybridized carbons (Fsp3) is 0.370.